The number of piperidine rings is 1. The van der Waals surface area contributed by atoms with E-state index in [9.17, 15) is 9.59 Å². The monoisotopic (exact) mass is 331 g/mol. The van der Waals surface area contributed by atoms with Crippen molar-refractivity contribution in [2.75, 3.05) is 38.6 Å². The quantitative estimate of drug-likeness (QED) is 0.892. The standard InChI is InChI=1S/C18H25N3O3/c1-24-16-7-2-5-14(11-16)19-17(22)13-20-9-3-6-15(12-20)21-10-4-8-18(21)23/h2,5,7,11,15H,3-4,6,8-10,12-13H2,1H3,(H,19,22)/t15-/m1/s1. The van der Waals surface area contributed by atoms with Crippen LogP contribution in [0.5, 0.6) is 5.75 Å². The number of hydrogen-bond donors (Lipinski definition) is 1. The molecule has 2 fully saturated rings. The number of methoxy groups -OCH3 is 1. The number of hydrogen-bond acceptors (Lipinski definition) is 4. The highest BCUT2D eigenvalue weighted by atomic mass is 16.5. The zero-order chi connectivity index (χ0) is 16.9. The van der Waals surface area contributed by atoms with Gasteiger partial charge in [0.05, 0.1) is 13.7 Å². The maximum atomic E-state index is 12.3. The van der Waals surface area contributed by atoms with E-state index >= 15 is 0 Å². The van der Waals surface area contributed by atoms with E-state index in [1.807, 2.05) is 23.1 Å². The van der Waals surface area contributed by atoms with Crippen LogP contribution >= 0.6 is 0 Å². The van der Waals surface area contributed by atoms with Crippen molar-refractivity contribution < 1.29 is 14.3 Å². The molecule has 0 aromatic heterocycles. The van der Waals surface area contributed by atoms with Crippen LogP contribution in [0.1, 0.15) is 25.7 Å². The summed E-state index contributed by atoms with van der Waals surface area (Å²) in [4.78, 5) is 28.4. The molecule has 2 saturated heterocycles. The lowest BCUT2D eigenvalue weighted by molar-refractivity contribution is -0.130. The van der Waals surface area contributed by atoms with E-state index in [2.05, 4.69) is 10.2 Å². The van der Waals surface area contributed by atoms with Gasteiger partial charge in [0.1, 0.15) is 5.75 Å². The Bertz CT molecular complexity index is 605. The summed E-state index contributed by atoms with van der Waals surface area (Å²) in [5, 5.41) is 2.92. The maximum Gasteiger partial charge on any atom is 0.238 e. The van der Waals surface area contributed by atoms with E-state index in [1.54, 1.807) is 13.2 Å². The molecule has 0 saturated carbocycles. The second-order valence-electron chi connectivity index (χ2n) is 6.50. The third-order valence-electron chi connectivity index (χ3n) is 4.75. The fraction of sp³-hybridized carbons (Fsp3) is 0.556. The molecule has 0 bridgehead atoms. The van der Waals surface area contributed by atoms with Crippen LogP contribution in [-0.4, -0.2) is 60.9 Å². The summed E-state index contributed by atoms with van der Waals surface area (Å²) in [6.07, 6.45) is 3.71. The average molecular weight is 331 g/mol. The summed E-state index contributed by atoms with van der Waals surface area (Å²) in [6, 6.07) is 7.61. The molecule has 6 heteroatoms. The lowest BCUT2D eigenvalue weighted by Gasteiger charge is -2.37. The number of rotatable bonds is 5. The number of ether oxygens (including phenoxy) is 1. The zero-order valence-electron chi connectivity index (χ0n) is 14.2. The van der Waals surface area contributed by atoms with E-state index in [1.165, 1.54) is 0 Å². The number of amides is 2. The second kappa shape index (κ2) is 7.66. The third-order valence-corrected chi connectivity index (χ3v) is 4.75. The lowest BCUT2D eigenvalue weighted by Crippen LogP contribution is -2.50. The lowest BCUT2D eigenvalue weighted by atomic mass is 10.0. The van der Waals surface area contributed by atoms with Gasteiger partial charge in [-0.1, -0.05) is 6.07 Å². The largest absolute Gasteiger partial charge is 0.497 e. The molecule has 2 aliphatic heterocycles. The molecule has 3 rings (SSSR count). The first-order chi connectivity index (χ1) is 11.7. The fourth-order valence-electron chi connectivity index (χ4n) is 3.59. The van der Waals surface area contributed by atoms with Crippen LogP contribution in [0.4, 0.5) is 5.69 Å². The van der Waals surface area contributed by atoms with Gasteiger partial charge in [0.15, 0.2) is 0 Å². The summed E-state index contributed by atoms with van der Waals surface area (Å²) >= 11 is 0. The van der Waals surface area contributed by atoms with Gasteiger partial charge in [-0.3, -0.25) is 14.5 Å². The van der Waals surface area contributed by atoms with Crippen LogP contribution in [-0.2, 0) is 9.59 Å². The van der Waals surface area contributed by atoms with Crippen molar-refractivity contribution >= 4 is 17.5 Å². The van der Waals surface area contributed by atoms with Gasteiger partial charge in [-0.25, -0.2) is 0 Å². The number of carbonyl (C=O) groups excluding carboxylic acids is 2. The van der Waals surface area contributed by atoms with Gasteiger partial charge in [0, 0.05) is 37.3 Å². The Labute approximate surface area is 142 Å². The van der Waals surface area contributed by atoms with Gasteiger partial charge in [-0.05, 0) is 37.9 Å². The van der Waals surface area contributed by atoms with E-state index in [-0.39, 0.29) is 17.9 Å². The van der Waals surface area contributed by atoms with Gasteiger partial charge in [-0.2, -0.15) is 0 Å². The first kappa shape index (κ1) is 16.8. The van der Waals surface area contributed by atoms with E-state index in [4.69, 9.17) is 4.74 Å². The highest BCUT2D eigenvalue weighted by Crippen LogP contribution is 2.21. The molecule has 1 aromatic rings. The Morgan fingerprint density at radius 2 is 2.21 bits per heavy atom. The van der Waals surface area contributed by atoms with E-state index in [0.717, 1.165) is 50.3 Å². The Kier molecular flexibility index (Phi) is 5.35. The SMILES string of the molecule is COc1cccc(NC(=O)CN2CCC[C@@H](N3CCCC3=O)C2)c1. The highest BCUT2D eigenvalue weighted by Gasteiger charge is 2.31. The summed E-state index contributed by atoms with van der Waals surface area (Å²) < 4.78 is 5.17. The zero-order valence-corrected chi connectivity index (χ0v) is 14.2. The summed E-state index contributed by atoms with van der Waals surface area (Å²) in [5.74, 6) is 0.956. The summed E-state index contributed by atoms with van der Waals surface area (Å²) in [5.41, 5.74) is 0.739. The van der Waals surface area contributed by atoms with Crippen molar-refractivity contribution in [1.82, 2.24) is 9.80 Å². The van der Waals surface area contributed by atoms with Crippen molar-refractivity contribution in [3.63, 3.8) is 0 Å². The van der Waals surface area contributed by atoms with Gasteiger partial charge in [-0.15, -0.1) is 0 Å². The Balaban J connectivity index is 1.53. The number of anilines is 1. The predicted octanol–water partition coefficient (Wildman–Crippen LogP) is 1.72. The van der Waals surface area contributed by atoms with Crippen LogP contribution in [0.25, 0.3) is 0 Å². The number of carbonyl (C=O) groups is 2. The molecule has 0 radical (unpaired) electrons. The minimum Gasteiger partial charge on any atom is -0.497 e. The first-order valence-corrected chi connectivity index (χ1v) is 8.61. The van der Waals surface area contributed by atoms with Gasteiger partial charge >= 0.3 is 0 Å². The normalized spacial score (nSPS) is 21.8. The topological polar surface area (TPSA) is 61.9 Å². The van der Waals surface area contributed by atoms with Crippen LogP contribution in [0.3, 0.4) is 0 Å². The number of likely N-dealkylation sites (tertiary alicyclic amines) is 2. The molecule has 1 N–H and O–H groups in total. The minimum atomic E-state index is -0.0309. The van der Waals surface area contributed by atoms with Crippen LogP contribution in [0, 0.1) is 0 Å². The van der Waals surface area contributed by atoms with Crippen molar-refractivity contribution in [3.05, 3.63) is 24.3 Å². The number of nitrogens with one attached hydrogen (secondary N) is 1. The van der Waals surface area contributed by atoms with Gasteiger partial charge in [0.25, 0.3) is 0 Å². The van der Waals surface area contributed by atoms with Gasteiger partial charge < -0.3 is 15.0 Å². The molecule has 0 aliphatic carbocycles. The minimum absolute atomic E-state index is 0.0309. The van der Waals surface area contributed by atoms with Crippen molar-refractivity contribution in [2.45, 2.75) is 31.7 Å². The van der Waals surface area contributed by atoms with Crippen LogP contribution in [0.2, 0.25) is 0 Å². The molecule has 1 atom stereocenters. The predicted molar refractivity (Wildman–Crippen MR) is 92.0 cm³/mol. The maximum absolute atomic E-state index is 12.3. The fourth-order valence-corrected chi connectivity index (χ4v) is 3.59. The van der Waals surface area contributed by atoms with Crippen LogP contribution < -0.4 is 10.1 Å². The molecule has 2 aliphatic rings. The summed E-state index contributed by atoms with van der Waals surface area (Å²) in [6.45, 7) is 2.92. The molecular formula is C18H25N3O3. The highest BCUT2D eigenvalue weighted by molar-refractivity contribution is 5.92. The van der Waals surface area contributed by atoms with Gasteiger partial charge in [0.2, 0.25) is 11.8 Å². The number of nitrogens with zero attached hydrogens (tertiary/aromatic N) is 2. The van der Waals surface area contributed by atoms with Crippen molar-refractivity contribution in [2.24, 2.45) is 0 Å². The van der Waals surface area contributed by atoms with Crippen LogP contribution in [0.15, 0.2) is 24.3 Å². The molecule has 0 unspecified atom stereocenters. The third kappa shape index (κ3) is 4.06. The molecule has 1 aromatic carbocycles. The average Bonchev–Trinajstić information content (AvgIpc) is 3.01. The number of benzene rings is 1. The Morgan fingerprint density at radius 3 is 2.96 bits per heavy atom. The van der Waals surface area contributed by atoms with Crippen molar-refractivity contribution in [1.29, 1.82) is 0 Å². The molecular weight excluding hydrogens is 306 g/mol. The summed E-state index contributed by atoms with van der Waals surface area (Å²) in [7, 11) is 1.61. The smallest absolute Gasteiger partial charge is 0.238 e. The molecule has 2 heterocycles. The molecule has 130 valence electrons. The Hall–Kier alpha value is -2.08. The molecule has 6 nitrogen and oxygen atoms in total. The molecule has 0 spiro atoms. The Morgan fingerprint density at radius 1 is 1.33 bits per heavy atom. The van der Waals surface area contributed by atoms with E-state index in [0.29, 0.717) is 13.0 Å². The van der Waals surface area contributed by atoms with Crippen molar-refractivity contribution in [3.8, 4) is 5.75 Å². The first-order valence-electron chi connectivity index (χ1n) is 8.61. The molecule has 2 amide bonds. The molecule has 24 heavy (non-hydrogen) atoms. The van der Waals surface area contributed by atoms with E-state index < -0.39 is 0 Å². The second-order valence-corrected chi connectivity index (χ2v) is 6.50.